The lowest BCUT2D eigenvalue weighted by molar-refractivity contribution is -0.119. The second kappa shape index (κ2) is 13.0. The van der Waals surface area contributed by atoms with Crippen molar-refractivity contribution in [1.29, 1.82) is 0 Å². The van der Waals surface area contributed by atoms with Crippen molar-refractivity contribution >= 4 is 5.91 Å². The van der Waals surface area contributed by atoms with Crippen molar-refractivity contribution in [2.45, 2.75) is 6.54 Å². The van der Waals surface area contributed by atoms with Gasteiger partial charge in [0.05, 0.1) is 20.3 Å². The van der Waals surface area contributed by atoms with E-state index in [1.54, 1.807) is 13.2 Å². The highest BCUT2D eigenvalue weighted by Crippen LogP contribution is 2.27. The van der Waals surface area contributed by atoms with Gasteiger partial charge in [0.1, 0.15) is 0 Å². The number of morpholine rings is 1. The first-order valence-electron chi connectivity index (χ1n) is 7.78. The summed E-state index contributed by atoms with van der Waals surface area (Å²) in [6.45, 7) is 6.17. The van der Waals surface area contributed by atoms with E-state index < -0.39 is 5.91 Å². The Bertz CT molecular complexity index is 514. The van der Waals surface area contributed by atoms with E-state index in [4.69, 9.17) is 19.9 Å². The van der Waals surface area contributed by atoms with Crippen LogP contribution in [0.25, 0.3) is 0 Å². The summed E-state index contributed by atoms with van der Waals surface area (Å²) < 4.78 is 15.9. The number of amides is 1. The van der Waals surface area contributed by atoms with Crippen LogP contribution in [0.4, 0.5) is 0 Å². The number of carbonyl (C=O) groups is 1. The molecule has 1 heterocycles. The molecular weight excluding hydrogens is 369 g/mol. The van der Waals surface area contributed by atoms with Crippen molar-refractivity contribution in [2.75, 3.05) is 53.1 Å². The molecule has 0 aliphatic carbocycles. The van der Waals surface area contributed by atoms with Gasteiger partial charge in [-0.1, -0.05) is 6.07 Å². The van der Waals surface area contributed by atoms with Gasteiger partial charge in [-0.25, -0.2) is 0 Å². The quantitative estimate of drug-likeness (QED) is 0.406. The molecular formula is C16H25Cl2N3O4-2. The zero-order chi connectivity index (χ0) is 16.5. The largest absolute Gasteiger partial charge is 1.00 e. The highest BCUT2D eigenvalue weighted by atomic mass is 35.5. The number of carbonyl (C=O) groups excluding carboxylic acids is 1. The number of hydrogen-bond acceptors (Lipinski definition) is 6. The Morgan fingerprint density at radius 1 is 1.28 bits per heavy atom. The fraction of sp³-hybridized carbons (Fsp3) is 0.562. The molecule has 7 nitrogen and oxygen atoms in total. The SMILES string of the molecule is COc1cc(CNCCN2CCOCC2)ccc1OCC(N)=O.[Cl-].[Cl-]. The molecule has 0 radical (unpaired) electrons. The molecule has 1 aliphatic rings. The van der Waals surface area contributed by atoms with Crippen molar-refractivity contribution < 1.29 is 43.8 Å². The monoisotopic (exact) mass is 393 g/mol. The third-order valence-electron chi connectivity index (χ3n) is 3.64. The Labute approximate surface area is 161 Å². The van der Waals surface area contributed by atoms with E-state index in [1.165, 1.54) is 0 Å². The summed E-state index contributed by atoms with van der Waals surface area (Å²) in [7, 11) is 1.57. The molecule has 0 atom stereocenters. The van der Waals surface area contributed by atoms with E-state index in [9.17, 15) is 4.79 Å². The predicted octanol–water partition coefficient (Wildman–Crippen LogP) is -6.01. The van der Waals surface area contributed by atoms with Gasteiger partial charge in [-0.15, -0.1) is 0 Å². The van der Waals surface area contributed by atoms with Gasteiger partial charge < -0.3 is 50.1 Å². The normalized spacial score (nSPS) is 14.1. The van der Waals surface area contributed by atoms with Crippen LogP contribution in [0.5, 0.6) is 11.5 Å². The van der Waals surface area contributed by atoms with E-state index in [2.05, 4.69) is 10.2 Å². The van der Waals surface area contributed by atoms with Gasteiger partial charge in [0, 0.05) is 32.7 Å². The number of methoxy groups -OCH3 is 1. The summed E-state index contributed by atoms with van der Waals surface area (Å²) in [4.78, 5) is 13.2. The highest BCUT2D eigenvalue weighted by Gasteiger charge is 2.10. The van der Waals surface area contributed by atoms with Crippen LogP contribution in [0.15, 0.2) is 18.2 Å². The standard InChI is InChI=1S/C16H25N3O4.2ClH/c1-21-15-10-13(2-3-14(15)23-12-16(17)20)11-18-4-5-19-6-8-22-9-7-19;;/h2-3,10,18H,4-9,11-12H2,1H3,(H2,17,20);2*1H/p-2. The third kappa shape index (κ3) is 8.60. The third-order valence-corrected chi connectivity index (χ3v) is 3.64. The minimum Gasteiger partial charge on any atom is -1.00 e. The summed E-state index contributed by atoms with van der Waals surface area (Å²) in [6.07, 6.45) is 0. The molecule has 25 heavy (non-hydrogen) atoms. The van der Waals surface area contributed by atoms with Crippen LogP contribution < -0.4 is 45.3 Å². The van der Waals surface area contributed by atoms with E-state index in [0.29, 0.717) is 11.5 Å². The molecule has 2 rings (SSSR count). The fourth-order valence-corrected chi connectivity index (χ4v) is 2.38. The topological polar surface area (TPSA) is 86.1 Å². The van der Waals surface area contributed by atoms with E-state index in [-0.39, 0.29) is 31.4 Å². The highest BCUT2D eigenvalue weighted by molar-refractivity contribution is 5.75. The number of nitrogens with two attached hydrogens (primary N) is 1. The van der Waals surface area contributed by atoms with Crippen molar-refractivity contribution in [3.63, 3.8) is 0 Å². The summed E-state index contributed by atoms with van der Waals surface area (Å²) >= 11 is 0. The Kier molecular flexibility index (Phi) is 12.4. The first kappa shape index (κ1) is 23.8. The van der Waals surface area contributed by atoms with Crippen LogP contribution in [0.3, 0.4) is 0 Å². The number of nitrogens with one attached hydrogen (secondary N) is 1. The van der Waals surface area contributed by atoms with Gasteiger partial charge in [0.2, 0.25) is 0 Å². The Balaban J connectivity index is 0.00000288. The van der Waals surface area contributed by atoms with Gasteiger partial charge in [-0.3, -0.25) is 9.69 Å². The van der Waals surface area contributed by atoms with Crippen LogP contribution in [-0.4, -0.2) is 63.9 Å². The maximum absolute atomic E-state index is 10.8. The van der Waals surface area contributed by atoms with Crippen molar-refractivity contribution in [1.82, 2.24) is 10.2 Å². The Hall–Kier alpha value is -1.25. The summed E-state index contributed by atoms with van der Waals surface area (Å²) in [6, 6.07) is 5.64. The van der Waals surface area contributed by atoms with Crippen molar-refractivity contribution in [2.24, 2.45) is 5.73 Å². The van der Waals surface area contributed by atoms with Gasteiger partial charge in [-0.05, 0) is 17.7 Å². The number of ether oxygens (including phenoxy) is 3. The maximum atomic E-state index is 10.8. The average Bonchev–Trinajstić information content (AvgIpc) is 2.58. The van der Waals surface area contributed by atoms with E-state index in [0.717, 1.165) is 51.5 Å². The van der Waals surface area contributed by atoms with Crippen LogP contribution in [-0.2, 0) is 16.1 Å². The molecule has 3 N–H and O–H groups in total. The molecule has 0 aromatic heterocycles. The van der Waals surface area contributed by atoms with Crippen LogP contribution >= 0.6 is 0 Å². The molecule has 1 saturated heterocycles. The number of benzene rings is 1. The lowest BCUT2D eigenvalue weighted by atomic mass is 10.2. The van der Waals surface area contributed by atoms with Gasteiger partial charge in [-0.2, -0.15) is 0 Å². The molecule has 9 heteroatoms. The predicted molar refractivity (Wildman–Crippen MR) is 86.6 cm³/mol. The molecule has 1 aromatic rings. The second-order valence-corrected chi connectivity index (χ2v) is 5.37. The van der Waals surface area contributed by atoms with Crippen molar-refractivity contribution in [3.8, 4) is 11.5 Å². The number of nitrogens with zero attached hydrogens (tertiary/aromatic N) is 1. The molecule has 144 valence electrons. The van der Waals surface area contributed by atoms with Crippen molar-refractivity contribution in [3.05, 3.63) is 23.8 Å². The van der Waals surface area contributed by atoms with Crippen LogP contribution in [0.2, 0.25) is 0 Å². The van der Waals surface area contributed by atoms with Gasteiger partial charge in [0.15, 0.2) is 18.1 Å². The fourth-order valence-electron chi connectivity index (χ4n) is 2.38. The number of primary amides is 1. The number of rotatable bonds is 9. The molecule has 1 fully saturated rings. The summed E-state index contributed by atoms with van der Waals surface area (Å²) in [5.74, 6) is 0.600. The molecule has 0 saturated carbocycles. The van der Waals surface area contributed by atoms with Crippen LogP contribution in [0, 0.1) is 0 Å². The molecule has 1 amide bonds. The van der Waals surface area contributed by atoms with E-state index >= 15 is 0 Å². The minimum atomic E-state index is -0.513. The minimum absolute atomic E-state index is 0. The smallest absolute Gasteiger partial charge is 0.255 e. The summed E-state index contributed by atoms with van der Waals surface area (Å²) in [5, 5.41) is 3.42. The number of hydrogen-bond donors (Lipinski definition) is 2. The van der Waals surface area contributed by atoms with E-state index in [1.807, 2.05) is 12.1 Å². The van der Waals surface area contributed by atoms with Gasteiger partial charge >= 0.3 is 0 Å². The lowest BCUT2D eigenvalue weighted by Crippen LogP contribution is -3.00. The maximum Gasteiger partial charge on any atom is 0.255 e. The Morgan fingerprint density at radius 2 is 2.00 bits per heavy atom. The first-order chi connectivity index (χ1) is 11.2. The Morgan fingerprint density at radius 3 is 2.64 bits per heavy atom. The molecule has 0 spiro atoms. The molecule has 0 unspecified atom stereocenters. The molecule has 0 bridgehead atoms. The van der Waals surface area contributed by atoms with Gasteiger partial charge in [0.25, 0.3) is 5.91 Å². The zero-order valence-electron chi connectivity index (χ0n) is 14.3. The summed E-state index contributed by atoms with van der Waals surface area (Å²) in [5.41, 5.74) is 6.17. The first-order valence-corrected chi connectivity index (χ1v) is 7.78. The molecule has 1 aliphatic heterocycles. The van der Waals surface area contributed by atoms with Crippen LogP contribution in [0.1, 0.15) is 5.56 Å². The lowest BCUT2D eigenvalue weighted by Gasteiger charge is -2.26. The zero-order valence-corrected chi connectivity index (χ0v) is 15.8. The average molecular weight is 394 g/mol. The second-order valence-electron chi connectivity index (χ2n) is 5.37. The number of halogens is 2. The molecule has 1 aromatic carbocycles.